The number of amides is 1. The molecule has 1 amide bonds. The van der Waals surface area contributed by atoms with Gasteiger partial charge < -0.3 is 14.2 Å². The van der Waals surface area contributed by atoms with Crippen molar-refractivity contribution in [3.63, 3.8) is 0 Å². The first-order valence-electron chi connectivity index (χ1n) is 12.2. The number of hydrogen-bond acceptors (Lipinski definition) is 7. The van der Waals surface area contributed by atoms with Crippen LogP contribution in [0.4, 0.5) is 0 Å². The second-order valence-electron chi connectivity index (χ2n) is 8.90. The minimum absolute atomic E-state index is 0.110. The highest BCUT2D eigenvalue weighted by Crippen LogP contribution is 2.40. The van der Waals surface area contributed by atoms with Crippen LogP contribution in [0.2, 0.25) is 5.02 Å². The third-order valence-electron chi connectivity index (χ3n) is 6.71. The molecule has 1 atom stereocenters. The van der Waals surface area contributed by atoms with E-state index >= 15 is 0 Å². The molecule has 2 aliphatic rings. The van der Waals surface area contributed by atoms with Crippen LogP contribution in [-0.4, -0.2) is 68.0 Å². The maximum Gasteiger partial charge on any atom is 0.309 e. The summed E-state index contributed by atoms with van der Waals surface area (Å²) in [6.07, 6.45) is 1.84. The standard InChI is InChI=1S/C27H32ClN3O5/c1-4-36-27(33)18-11-13-30(14-12-18)17-26(32)31-24(21-15-19(34-2)9-10-25(21)35-3)16-23(29-31)20-7-5-6-8-22(20)28/h5-10,15,18,24H,4,11-14,16-17H2,1-3H3. The summed E-state index contributed by atoms with van der Waals surface area (Å²) in [4.78, 5) is 27.8. The van der Waals surface area contributed by atoms with E-state index in [0.29, 0.717) is 55.5 Å². The maximum absolute atomic E-state index is 13.6. The summed E-state index contributed by atoms with van der Waals surface area (Å²) in [6.45, 7) is 3.70. The van der Waals surface area contributed by atoms with Gasteiger partial charge in [-0.05, 0) is 57.1 Å². The molecule has 2 aromatic rings. The first kappa shape index (κ1) is 26.0. The molecule has 4 rings (SSSR count). The molecule has 8 nitrogen and oxygen atoms in total. The van der Waals surface area contributed by atoms with Crippen molar-refractivity contribution in [2.24, 2.45) is 11.0 Å². The lowest BCUT2D eigenvalue weighted by Gasteiger charge is -2.32. The summed E-state index contributed by atoms with van der Waals surface area (Å²) in [5.74, 6) is 0.945. The third-order valence-corrected chi connectivity index (χ3v) is 7.04. The summed E-state index contributed by atoms with van der Waals surface area (Å²) in [5, 5.41) is 6.89. The molecule has 0 N–H and O–H groups in total. The van der Waals surface area contributed by atoms with Gasteiger partial charge in [0, 0.05) is 22.6 Å². The van der Waals surface area contributed by atoms with Crippen LogP contribution in [0.3, 0.4) is 0 Å². The maximum atomic E-state index is 13.6. The van der Waals surface area contributed by atoms with E-state index in [4.69, 9.17) is 30.9 Å². The topological polar surface area (TPSA) is 80.7 Å². The lowest BCUT2D eigenvalue weighted by Crippen LogP contribution is -2.43. The fourth-order valence-corrected chi connectivity index (χ4v) is 5.04. The Morgan fingerprint density at radius 3 is 2.50 bits per heavy atom. The van der Waals surface area contributed by atoms with Gasteiger partial charge in [-0.25, -0.2) is 5.01 Å². The van der Waals surface area contributed by atoms with Gasteiger partial charge in [0.25, 0.3) is 5.91 Å². The van der Waals surface area contributed by atoms with E-state index in [2.05, 4.69) is 4.90 Å². The summed E-state index contributed by atoms with van der Waals surface area (Å²) < 4.78 is 16.2. The van der Waals surface area contributed by atoms with Crippen LogP contribution in [0.1, 0.15) is 43.4 Å². The van der Waals surface area contributed by atoms with Gasteiger partial charge in [0.05, 0.1) is 45.0 Å². The molecule has 1 saturated heterocycles. The molecule has 2 heterocycles. The number of ether oxygens (including phenoxy) is 3. The first-order valence-corrected chi connectivity index (χ1v) is 12.6. The van der Waals surface area contributed by atoms with E-state index in [1.165, 1.54) is 0 Å². The molecule has 0 aromatic heterocycles. The third kappa shape index (κ3) is 5.65. The molecule has 2 aromatic carbocycles. The Balaban J connectivity index is 1.57. The number of benzene rings is 2. The lowest BCUT2D eigenvalue weighted by atomic mass is 9.96. The van der Waals surface area contributed by atoms with Gasteiger partial charge in [-0.2, -0.15) is 5.10 Å². The van der Waals surface area contributed by atoms with E-state index in [-0.39, 0.29) is 30.4 Å². The Kier molecular flexibility index (Phi) is 8.48. The van der Waals surface area contributed by atoms with Gasteiger partial charge in [-0.3, -0.25) is 14.5 Å². The zero-order chi connectivity index (χ0) is 25.7. The van der Waals surface area contributed by atoms with Crippen molar-refractivity contribution in [3.8, 4) is 11.5 Å². The van der Waals surface area contributed by atoms with Crippen LogP contribution >= 0.6 is 11.6 Å². The number of piperidine rings is 1. The van der Waals surface area contributed by atoms with Crippen molar-refractivity contribution in [2.45, 2.75) is 32.2 Å². The normalized spacial score (nSPS) is 18.6. The fourth-order valence-electron chi connectivity index (χ4n) is 4.79. The number of halogens is 1. The monoisotopic (exact) mass is 513 g/mol. The molecule has 2 aliphatic heterocycles. The molecule has 192 valence electrons. The molecule has 9 heteroatoms. The quantitative estimate of drug-likeness (QED) is 0.489. The SMILES string of the molecule is CCOC(=O)C1CCN(CC(=O)N2N=C(c3ccccc3Cl)CC2c2cc(OC)ccc2OC)CC1. The number of methoxy groups -OCH3 is 2. The molecule has 0 bridgehead atoms. The highest BCUT2D eigenvalue weighted by atomic mass is 35.5. The number of hydrazone groups is 1. The second kappa shape index (κ2) is 11.8. The molecule has 0 saturated carbocycles. The number of carbonyl (C=O) groups excluding carboxylic acids is 2. The first-order chi connectivity index (χ1) is 17.4. The minimum atomic E-state index is -0.370. The van der Waals surface area contributed by atoms with E-state index in [9.17, 15) is 9.59 Å². The van der Waals surface area contributed by atoms with Gasteiger partial charge in [0.1, 0.15) is 11.5 Å². The van der Waals surface area contributed by atoms with Crippen LogP contribution in [0.25, 0.3) is 0 Å². The Labute approximate surface area is 216 Å². The molecular weight excluding hydrogens is 482 g/mol. The molecule has 0 spiro atoms. The van der Waals surface area contributed by atoms with Crippen molar-refractivity contribution in [2.75, 3.05) is 40.5 Å². The van der Waals surface area contributed by atoms with E-state index in [1.54, 1.807) is 19.2 Å². The smallest absolute Gasteiger partial charge is 0.309 e. The number of esters is 1. The average molecular weight is 514 g/mol. The average Bonchev–Trinajstić information content (AvgIpc) is 3.34. The van der Waals surface area contributed by atoms with Crippen molar-refractivity contribution >= 4 is 29.2 Å². The Hall–Kier alpha value is -3.10. The predicted molar refractivity (Wildman–Crippen MR) is 138 cm³/mol. The fraction of sp³-hybridized carbons (Fsp3) is 0.444. The number of carbonyl (C=O) groups is 2. The van der Waals surface area contributed by atoms with Crippen LogP contribution in [-0.2, 0) is 14.3 Å². The van der Waals surface area contributed by atoms with Crippen LogP contribution in [0.5, 0.6) is 11.5 Å². The highest BCUT2D eigenvalue weighted by Gasteiger charge is 2.37. The predicted octanol–water partition coefficient (Wildman–Crippen LogP) is 4.31. The number of likely N-dealkylation sites (tertiary alicyclic amines) is 1. The van der Waals surface area contributed by atoms with E-state index in [1.807, 2.05) is 49.4 Å². The molecule has 36 heavy (non-hydrogen) atoms. The summed E-state index contributed by atoms with van der Waals surface area (Å²) in [7, 11) is 3.21. The Morgan fingerprint density at radius 2 is 1.83 bits per heavy atom. The number of nitrogens with zero attached hydrogens (tertiary/aromatic N) is 3. The minimum Gasteiger partial charge on any atom is -0.497 e. The van der Waals surface area contributed by atoms with E-state index < -0.39 is 0 Å². The van der Waals surface area contributed by atoms with Crippen LogP contribution < -0.4 is 9.47 Å². The zero-order valence-electron chi connectivity index (χ0n) is 20.9. The van der Waals surface area contributed by atoms with Gasteiger partial charge in [-0.1, -0.05) is 29.8 Å². The highest BCUT2D eigenvalue weighted by molar-refractivity contribution is 6.34. The number of hydrogen-bond donors (Lipinski definition) is 0. The second-order valence-corrected chi connectivity index (χ2v) is 9.30. The molecule has 1 unspecified atom stereocenters. The summed E-state index contributed by atoms with van der Waals surface area (Å²) in [6, 6.07) is 12.7. The largest absolute Gasteiger partial charge is 0.497 e. The lowest BCUT2D eigenvalue weighted by molar-refractivity contribution is -0.149. The molecule has 0 aliphatic carbocycles. The van der Waals surface area contributed by atoms with Gasteiger partial charge >= 0.3 is 5.97 Å². The summed E-state index contributed by atoms with van der Waals surface area (Å²) in [5.41, 5.74) is 2.36. The summed E-state index contributed by atoms with van der Waals surface area (Å²) >= 11 is 6.47. The van der Waals surface area contributed by atoms with Gasteiger partial charge in [0.15, 0.2) is 0 Å². The van der Waals surface area contributed by atoms with Crippen molar-refractivity contribution in [3.05, 3.63) is 58.6 Å². The van der Waals surface area contributed by atoms with Crippen LogP contribution in [0.15, 0.2) is 47.6 Å². The van der Waals surface area contributed by atoms with Crippen molar-refractivity contribution < 1.29 is 23.8 Å². The molecular formula is C27H32ClN3O5. The zero-order valence-corrected chi connectivity index (χ0v) is 21.7. The van der Waals surface area contributed by atoms with Crippen molar-refractivity contribution in [1.29, 1.82) is 0 Å². The Bertz CT molecular complexity index is 1130. The van der Waals surface area contributed by atoms with Crippen molar-refractivity contribution in [1.82, 2.24) is 9.91 Å². The number of rotatable bonds is 8. The van der Waals surface area contributed by atoms with Gasteiger partial charge in [-0.15, -0.1) is 0 Å². The van der Waals surface area contributed by atoms with Crippen LogP contribution in [0, 0.1) is 5.92 Å². The van der Waals surface area contributed by atoms with E-state index in [0.717, 1.165) is 16.8 Å². The molecule has 1 fully saturated rings. The molecule has 0 radical (unpaired) electrons. The van der Waals surface area contributed by atoms with Gasteiger partial charge in [0.2, 0.25) is 0 Å². The Morgan fingerprint density at radius 1 is 1.08 bits per heavy atom.